The number of hydrogen-bond acceptors (Lipinski definition) is 3. The van der Waals surface area contributed by atoms with E-state index in [4.69, 9.17) is 5.73 Å². The largest absolute Gasteiger partial charge is 0.327 e. The fraction of sp³-hybridized carbons (Fsp3) is 1.00. The van der Waals surface area contributed by atoms with E-state index in [1.807, 2.05) is 0 Å². The summed E-state index contributed by atoms with van der Waals surface area (Å²) in [5.74, 6) is 2.32. The summed E-state index contributed by atoms with van der Waals surface area (Å²) in [6, 6.07) is 1.07. The van der Waals surface area contributed by atoms with Gasteiger partial charge in [0.15, 0.2) is 0 Å². The maximum atomic E-state index is 6.74. The Kier molecular flexibility index (Phi) is 4.83. The highest BCUT2D eigenvalue weighted by atomic mass is 79.9. The second kappa shape index (κ2) is 6.70. The maximum Gasteiger partial charge on any atom is 0.0644 e. The number of hydrogen-bond donors (Lipinski definition) is 2. The number of rotatable bonds is 2. The molecule has 6 atom stereocenters. The Hall–Kier alpha value is 0.360. The van der Waals surface area contributed by atoms with Crippen LogP contribution in [-0.2, 0) is 0 Å². The van der Waals surface area contributed by atoms with Gasteiger partial charge >= 0.3 is 0 Å². The topological polar surface area (TPSA) is 41.3 Å². The second-order valence-corrected chi connectivity index (χ2v) is 9.62. The van der Waals surface area contributed by atoms with Gasteiger partial charge in [0.05, 0.1) is 6.17 Å². The van der Waals surface area contributed by atoms with Gasteiger partial charge in [0.1, 0.15) is 0 Å². The van der Waals surface area contributed by atoms with E-state index in [0.29, 0.717) is 34.9 Å². The molecule has 0 aromatic heterocycles. The van der Waals surface area contributed by atoms with E-state index in [1.54, 1.807) is 0 Å². The monoisotopic (exact) mass is 369 g/mol. The first kappa shape index (κ1) is 15.9. The molecule has 2 aliphatic carbocycles. The molecule has 4 rings (SSSR count). The van der Waals surface area contributed by atoms with Gasteiger partial charge in [-0.2, -0.15) is 0 Å². The van der Waals surface area contributed by atoms with Crippen molar-refractivity contribution in [2.75, 3.05) is 13.1 Å². The maximum absolute atomic E-state index is 6.74. The number of nitrogens with zero attached hydrogens (tertiary/aromatic N) is 1. The highest BCUT2D eigenvalue weighted by Crippen LogP contribution is 2.41. The van der Waals surface area contributed by atoms with Gasteiger partial charge in [-0.3, -0.25) is 10.2 Å². The van der Waals surface area contributed by atoms with E-state index in [9.17, 15) is 0 Å². The van der Waals surface area contributed by atoms with Crippen molar-refractivity contribution in [1.82, 2.24) is 10.2 Å². The van der Waals surface area contributed by atoms with E-state index in [1.165, 1.54) is 70.9 Å². The van der Waals surface area contributed by atoms with Crippen LogP contribution in [0.5, 0.6) is 0 Å². The first-order chi connectivity index (χ1) is 10.7. The quantitative estimate of drug-likeness (QED) is 0.734. The average Bonchev–Trinajstić information content (AvgIpc) is 2.93. The lowest BCUT2D eigenvalue weighted by atomic mass is 9.71. The molecular formula is C18H32BrN3. The summed E-state index contributed by atoms with van der Waals surface area (Å²) in [7, 11) is 0. The molecule has 2 saturated heterocycles. The molecule has 4 heteroatoms. The molecule has 6 unspecified atom stereocenters. The van der Waals surface area contributed by atoms with Crippen molar-refractivity contribution in [2.45, 2.75) is 80.9 Å². The van der Waals surface area contributed by atoms with Crippen molar-refractivity contribution < 1.29 is 0 Å². The van der Waals surface area contributed by atoms with Gasteiger partial charge in [-0.15, -0.1) is 0 Å². The van der Waals surface area contributed by atoms with Gasteiger partial charge in [-0.25, -0.2) is 0 Å². The second-order valence-electron chi connectivity index (χ2n) is 8.32. The summed E-state index contributed by atoms with van der Waals surface area (Å²) >= 11 is 3.83. The zero-order valence-electron chi connectivity index (χ0n) is 13.7. The molecule has 3 N–H and O–H groups in total. The zero-order chi connectivity index (χ0) is 15.1. The van der Waals surface area contributed by atoms with E-state index < -0.39 is 0 Å². The van der Waals surface area contributed by atoms with Crippen LogP contribution in [0, 0.1) is 17.8 Å². The van der Waals surface area contributed by atoms with Crippen LogP contribution in [0.25, 0.3) is 0 Å². The minimum absolute atomic E-state index is 0.410. The molecule has 126 valence electrons. The van der Waals surface area contributed by atoms with Crippen molar-refractivity contribution in [3.8, 4) is 0 Å². The Bertz CT molecular complexity index is 385. The van der Waals surface area contributed by atoms with E-state index >= 15 is 0 Å². The number of likely N-dealkylation sites (tertiary alicyclic amines) is 1. The normalized spacial score (nSPS) is 47.2. The van der Waals surface area contributed by atoms with Crippen LogP contribution < -0.4 is 11.1 Å². The summed E-state index contributed by atoms with van der Waals surface area (Å²) in [6.45, 7) is 2.59. The number of halogens is 1. The molecule has 22 heavy (non-hydrogen) atoms. The Balaban J connectivity index is 1.42. The molecule has 2 aliphatic heterocycles. The molecule has 0 amide bonds. The minimum atomic E-state index is 0.410. The standard InChI is InChI=1S/C18H32BrN3/c19-13-6-7-16-15(10-13)17(20)14-8-9-22(18(14)21-16)11-12-4-2-1-3-5-12/h12-18,21H,1-11,20H2. The first-order valence-electron chi connectivity index (χ1n) is 9.62. The number of alkyl halides is 1. The summed E-state index contributed by atoms with van der Waals surface area (Å²) in [4.78, 5) is 3.45. The van der Waals surface area contributed by atoms with Gasteiger partial charge in [0.2, 0.25) is 0 Å². The molecule has 0 radical (unpaired) electrons. The lowest BCUT2D eigenvalue weighted by molar-refractivity contribution is 0.0495. The van der Waals surface area contributed by atoms with Crippen LogP contribution in [0.4, 0.5) is 0 Å². The molecule has 0 aromatic carbocycles. The molecular weight excluding hydrogens is 338 g/mol. The van der Waals surface area contributed by atoms with Crippen LogP contribution in [0.15, 0.2) is 0 Å². The van der Waals surface area contributed by atoms with Gasteiger partial charge in [-0.05, 0) is 50.4 Å². The molecule has 4 aliphatic rings. The lowest BCUT2D eigenvalue weighted by Crippen LogP contribution is -2.65. The third kappa shape index (κ3) is 3.01. The van der Waals surface area contributed by atoms with Crippen molar-refractivity contribution >= 4 is 15.9 Å². The van der Waals surface area contributed by atoms with E-state index in [0.717, 1.165) is 5.92 Å². The molecule has 2 heterocycles. The number of fused-ring (bicyclic) bond motifs is 2. The molecule has 0 bridgehead atoms. The summed E-state index contributed by atoms with van der Waals surface area (Å²) in [6.07, 6.45) is 13.0. The van der Waals surface area contributed by atoms with Crippen molar-refractivity contribution in [2.24, 2.45) is 23.5 Å². The van der Waals surface area contributed by atoms with E-state index in [2.05, 4.69) is 26.1 Å². The van der Waals surface area contributed by atoms with Crippen LogP contribution >= 0.6 is 15.9 Å². The average molecular weight is 370 g/mol. The smallest absolute Gasteiger partial charge is 0.0644 e. The highest BCUT2D eigenvalue weighted by Gasteiger charge is 2.49. The fourth-order valence-electron chi connectivity index (χ4n) is 5.74. The van der Waals surface area contributed by atoms with Crippen molar-refractivity contribution in [1.29, 1.82) is 0 Å². The molecule has 0 aromatic rings. The lowest BCUT2D eigenvalue weighted by Gasteiger charge is -2.49. The highest BCUT2D eigenvalue weighted by molar-refractivity contribution is 9.09. The van der Waals surface area contributed by atoms with Crippen molar-refractivity contribution in [3.05, 3.63) is 0 Å². The van der Waals surface area contributed by atoms with Gasteiger partial charge in [0.25, 0.3) is 0 Å². The minimum Gasteiger partial charge on any atom is -0.327 e. The first-order valence-corrected chi connectivity index (χ1v) is 10.5. The molecule has 3 nitrogen and oxygen atoms in total. The molecule has 2 saturated carbocycles. The van der Waals surface area contributed by atoms with Crippen molar-refractivity contribution in [3.63, 3.8) is 0 Å². The molecule has 4 fully saturated rings. The third-order valence-electron chi connectivity index (χ3n) is 6.98. The fourth-order valence-corrected chi connectivity index (χ4v) is 6.44. The van der Waals surface area contributed by atoms with Crippen LogP contribution in [-0.4, -0.2) is 41.1 Å². The Morgan fingerprint density at radius 1 is 1.00 bits per heavy atom. The molecule has 0 spiro atoms. The Morgan fingerprint density at radius 3 is 2.64 bits per heavy atom. The number of piperidine rings is 1. The van der Waals surface area contributed by atoms with Crippen LogP contribution in [0.2, 0.25) is 0 Å². The predicted molar refractivity (Wildman–Crippen MR) is 95.0 cm³/mol. The summed E-state index contributed by atoms with van der Waals surface area (Å²) in [5, 5.41) is 4.03. The SMILES string of the molecule is NC1C2CC(Br)CCC2NC2C1CCN2CC1CCCCC1. The number of nitrogens with one attached hydrogen (secondary N) is 1. The third-order valence-corrected chi connectivity index (χ3v) is 7.81. The van der Waals surface area contributed by atoms with Crippen LogP contribution in [0.1, 0.15) is 57.8 Å². The zero-order valence-corrected chi connectivity index (χ0v) is 15.3. The number of nitrogens with two attached hydrogens (primary N) is 1. The Labute approximate surface area is 143 Å². The van der Waals surface area contributed by atoms with Gasteiger partial charge < -0.3 is 5.73 Å². The van der Waals surface area contributed by atoms with E-state index in [-0.39, 0.29) is 0 Å². The Morgan fingerprint density at radius 2 is 1.82 bits per heavy atom. The van der Waals surface area contributed by atoms with Crippen LogP contribution in [0.3, 0.4) is 0 Å². The van der Waals surface area contributed by atoms with Gasteiger partial charge in [-0.1, -0.05) is 35.2 Å². The summed E-state index contributed by atoms with van der Waals surface area (Å²) in [5.41, 5.74) is 6.74. The van der Waals surface area contributed by atoms with Gasteiger partial charge in [0, 0.05) is 35.9 Å². The summed E-state index contributed by atoms with van der Waals surface area (Å²) < 4.78 is 0. The predicted octanol–water partition coefficient (Wildman–Crippen LogP) is 3.08.